The lowest BCUT2D eigenvalue weighted by atomic mass is 10.0. The minimum absolute atomic E-state index is 0.0188. The van der Waals surface area contributed by atoms with Gasteiger partial charge in [0.2, 0.25) is 0 Å². The number of hydrogen-bond donors (Lipinski definition) is 0. The molecule has 0 spiro atoms. The Kier molecular flexibility index (Phi) is 5.03. The van der Waals surface area contributed by atoms with E-state index in [0.717, 1.165) is 19.3 Å². The van der Waals surface area contributed by atoms with Crippen molar-refractivity contribution in [1.82, 2.24) is 0 Å². The topological polar surface area (TPSA) is 26.3 Å². The minimum atomic E-state index is -0.113. The Bertz CT molecular complexity index is 340. The number of ether oxygens (including phenoxy) is 1. The van der Waals surface area contributed by atoms with E-state index >= 15 is 0 Å². The van der Waals surface area contributed by atoms with Crippen LogP contribution in [0.15, 0.2) is 24.3 Å². The lowest BCUT2D eigenvalue weighted by molar-refractivity contribution is -0.139. The highest BCUT2D eigenvalue weighted by Crippen LogP contribution is 2.17. The second-order valence-corrected chi connectivity index (χ2v) is 3.94. The van der Waals surface area contributed by atoms with Crippen LogP contribution >= 0.6 is 0 Å². The first-order valence-electron chi connectivity index (χ1n) is 6.01. The van der Waals surface area contributed by atoms with E-state index in [1.54, 1.807) is 0 Å². The largest absolute Gasteiger partial charge is 0.426 e. The molecule has 0 heterocycles. The van der Waals surface area contributed by atoms with Gasteiger partial charge in [-0.05, 0) is 37.0 Å². The summed E-state index contributed by atoms with van der Waals surface area (Å²) >= 11 is 0. The Morgan fingerprint density at radius 2 is 1.94 bits per heavy atom. The first-order valence-corrected chi connectivity index (χ1v) is 6.01. The Morgan fingerprint density at radius 1 is 1.25 bits per heavy atom. The monoisotopic (exact) mass is 220 g/mol. The van der Waals surface area contributed by atoms with E-state index in [4.69, 9.17) is 4.74 Å². The van der Waals surface area contributed by atoms with Gasteiger partial charge in [-0.1, -0.05) is 32.9 Å². The second kappa shape index (κ2) is 6.31. The van der Waals surface area contributed by atoms with Gasteiger partial charge in [0.15, 0.2) is 0 Å². The summed E-state index contributed by atoms with van der Waals surface area (Å²) in [6, 6.07) is 7.72. The van der Waals surface area contributed by atoms with Crippen LogP contribution in [-0.2, 0) is 11.2 Å². The fourth-order valence-corrected chi connectivity index (χ4v) is 1.65. The Hall–Kier alpha value is -1.31. The van der Waals surface area contributed by atoms with Crippen LogP contribution in [0.1, 0.15) is 39.2 Å². The molecule has 0 unspecified atom stereocenters. The van der Waals surface area contributed by atoms with Crippen LogP contribution in [0.2, 0.25) is 0 Å². The fraction of sp³-hybridized carbons (Fsp3) is 0.500. The second-order valence-electron chi connectivity index (χ2n) is 3.94. The molecule has 1 aromatic carbocycles. The third kappa shape index (κ3) is 3.37. The van der Waals surface area contributed by atoms with Crippen molar-refractivity contribution in [3.05, 3.63) is 29.8 Å². The molecule has 0 saturated heterocycles. The lowest BCUT2D eigenvalue weighted by Gasteiger charge is -2.11. The third-order valence-electron chi connectivity index (χ3n) is 2.84. The molecule has 16 heavy (non-hydrogen) atoms. The highest BCUT2D eigenvalue weighted by Gasteiger charge is 2.16. The molecule has 88 valence electrons. The zero-order valence-electron chi connectivity index (χ0n) is 10.3. The molecular formula is C14H20O2. The van der Waals surface area contributed by atoms with Crippen LogP contribution in [0.4, 0.5) is 0 Å². The van der Waals surface area contributed by atoms with Gasteiger partial charge in [-0.15, -0.1) is 0 Å². The van der Waals surface area contributed by atoms with Crippen LogP contribution in [-0.4, -0.2) is 5.97 Å². The average molecular weight is 220 g/mol. The maximum atomic E-state index is 11.8. The molecule has 2 heteroatoms. The first kappa shape index (κ1) is 12.8. The predicted molar refractivity (Wildman–Crippen MR) is 65.5 cm³/mol. The molecule has 0 aliphatic heterocycles. The molecule has 0 radical (unpaired) electrons. The molecule has 0 aromatic heterocycles. The van der Waals surface area contributed by atoms with Crippen molar-refractivity contribution in [1.29, 1.82) is 0 Å². The summed E-state index contributed by atoms with van der Waals surface area (Å²) in [6.45, 7) is 6.11. The van der Waals surface area contributed by atoms with Crippen molar-refractivity contribution in [3.8, 4) is 5.75 Å². The molecule has 0 bridgehead atoms. The Morgan fingerprint density at radius 3 is 2.50 bits per heavy atom. The molecule has 0 aliphatic rings. The van der Waals surface area contributed by atoms with Crippen LogP contribution in [0.25, 0.3) is 0 Å². The summed E-state index contributed by atoms with van der Waals surface area (Å²) in [6.07, 6.45) is 2.63. The third-order valence-corrected chi connectivity index (χ3v) is 2.84. The maximum absolute atomic E-state index is 11.8. The van der Waals surface area contributed by atoms with Gasteiger partial charge in [0, 0.05) is 0 Å². The van der Waals surface area contributed by atoms with Gasteiger partial charge in [-0.25, -0.2) is 0 Å². The number of benzene rings is 1. The number of esters is 1. The van der Waals surface area contributed by atoms with Crippen molar-refractivity contribution >= 4 is 5.97 Å². The molecule has 0 saturated carbocycles. The van der Waals surface area contributed by atoms with Gasteiger partial charge < -0.3 is 4.74 Å². The Balaban J connectivity index is 2.68. The summed E-state index contributed by atoms with van der Waals surface area (Å²) in [5.41, 5.74) is 1.19. The van der Waals surface area contributed by atoms with E-state index in [1.807, 2.05) is 38.1 Å². The van der Waals surface area contributed by atoms with Crippen LogP contribution < -0.4 is 4.74 Å². The molecular weight excluding hydrogens is 200 g/mol. The highest BCUT2D eigenvalue weighted by molar-refractivity contribution is 5.75. The number of hydrogen-bond acceptors (Lipinski definition) is 2. The summed E-state index contributed by atoms with van der Waals surface area (Å²) in [4.78, 5) is 11.8. The lowest BCUT2D eigenvalue weighted by Crippen LogP contribution is -2.19. The molecule has 2 nitrogen and oxygen atoms in total. The highest BCUT2D eigenvalue weighted by atomic mass is 16.5. The molecule has 1 rings (SSSR count). The van der Waals surface area contributed by atoms with Gasteiger partial charge >= 0.3 is 5.97 Å². The number of aryl methyl sites for hydroxylation is 1. The zero-order valence-corrected chi connectivity index (χ0v) is 10.3. The number of carbonyl (C=O) groups excluding carboxylic acids is 1. The number of carbonyl (C=O) groups is 1. The van der Waals surface area contributed by atoms with E-state index < -0.39 is 0 Å². The molecule has 0 fully saturated rings. The minimum Gasteiger partial charge on any atom is -0.426 e. The van der Waals surface area contributed by atoms with Crippen molar-refractivity contribution in [3.63, 3.8) is 0 Å². The Labute approximate surface area is 97.6 Å². The van der Waals surface area contributed by atoms with Crippen molar-refractivity contribution < 1.29 is 9.53 Å². The van der Waals surface area contributed by atoms with E-state index in [1.165, 1.54) is 5.56 Å². The maximum Gasteiger partial charge on any atom is 0.314 e. The zero-order chi connectivity index (χ0) is 12.0. The molecule has 0 amide bonds. The summed E-state index contributed by atoms with van der Waals surface area (Å²) in [7, 11) is 0. The van der Waals surface area contributed by atoms with E-state index in [0.29, 0.717) is 5.75 Å². The standard InChI is InChI=1S/C14H20O2/c1-4-11-8-7-9-13(10-11)16-14(15)12(5-2)6-3/h7-10,12H,4-6H2,1-3H3. The van der Waals surface area contributed by atoms with E-state index in [9.17, 15) is 4.79 Å². The molecule has 0 aliphatic carbocycles. The smallest absolute Gasteiger partial charge is 0.314 e. The molecule has 0 N–H and O–H groups in total. The van der Waals surface area contributed by atoms with Crippen LogP contribution in [0.3, 0.4) is 0 Å². The number of rotatable bonds is 5. The van der Waals surface area contributed by atoms with Crippen molar-refractivity contribution in [2.75, 3.05) is 0 Å². The predicted octanol–water partition coefficient (Wildman–Crippen LogP) is 3.59. The van der Waals surface area contributed by atoms with Gasteiger partial charge in [0.1, 0.15) is 5.75 Å². The van der Waals surface area contributed by atoms with E-state index in [2.05, 4.69) is 6.92 Å². The van der Waals surface area contributed by atoms with Crippen LogP contribution in [0.5, 0.6) is 5.75 Å². The normalized spacial score (nSPS) is 10.5. The SMILES string of the molecule is CCc1cccc(OC(=O)C(CC)CC)c1. The first-order chi connectivity index (χ1) is 7.71. The fourth-order valence-electron chi connectivity index (χ4n) is 1.65. The van der Waals surface area contributed by atoms with Crippen molar-refractivity contribution in [2.45, 2.75) is 40.0 Å². The average Bonchev–Trinajstić information content (AvgIpc) is 2.31. The molecule has 0 atom stereocenters. The van der Waals surface area contributed by atoms with Gasteiger partial charge in [-0.3, -0.25) is 4.79 Å². The molecule has 1 aromatic rings. The van der Waals surface area contributed by atoms with Crippen LogP contribution in [0, 0.1) is 5.92 Å². The summed E-state index contributed by atoms with van der Waals surface area (Å²) in [5, 5.41) is 0. The summed E-state index contributed by atoms with van der Waals surface area (Å²) < 4.78 is 5.36. The van der Waals surface area contributed by atoms with Gasteiger partial charge in [0.05, 0.1) is 5.92 Å². The van der Waals surface area contributed by atoms with Gasteiger partial charge in [0.25, 0.3) is 0 Å². The quantitative estimate of drug-likeness (QED) is 0.560. The van der Waals surface area contributed by atoms with E-state index in [-0.39, 0.29) is 11.9 Å². The van der Waals surface area contributed by atoms with Gasteiger partial charge in [-0.2, -0.15) is 0 Å². The van der Waals surface area contributed by atoms with Crippen molar-refractivity contribution in [2.24, 2.45) is 5.92 Å². The summed E-state index contributed by atoms with van der Waals surface area (Å²) in [5.74, 6) is 0.569.